The summed E-state index contributed by atoms with van der Waals surface area (Å²) >= 11 is 1.28. The Bertz CT molecular complexity index is 311. The quantitative estimate of drug-likeness (QED) is 0.828. The Morgan fingerprint density at radius 3 is 2.69 bits per heavy atom. The van der Waals surface area contributed by atoms with Crippen molar-refractivity contribution in [3.8, 4) is 0 Å². The molecule has 1 rings (SSSR count). The minimum atomic E-state index is -0.508. The molecule has 88 valence electrons. The summed E-state index contributed by atoms with van der Waals surface area (Å²) in [5, 5.41) is 9.76. The first-order valence-corrected chi connectivity index (χ1v) is 6.58. The minimum Gasteiger partial charge on any atom is -0.393 e. The standard InChI is InChI=1S/C13H18O2S/c1-2-16-13(15)10-12(14)9-8-11-6-4-3-5-7-11/h3-7,12,14H,2,8-10H2,1H3/t12-/m0/s1. The van der Waals surface area contributed by atoms with Gasteiger partial charge in [-0.15, -0.1) is 0 Å². The molecule has 0 aliphatic rings. The van der Waals surface area contributed by atoms with Crippen molar-refractivity contribution < 1.29 is 9.90 Å². The van der Waals surface area contributed by atoms with Crippen LogP contribution in [0.3, 0.4) is 0 Å². The van der Waals surface area contributed by atoms with Gasteiger partial charge in [0, 0.05) is 6.42 Å². The second-order valence-corrected chi connectivity index (χ2v) is 5.01. The van der Waals surface area contributed by atoms with Gasteiger partial charge in [0.15, 0.2) is 5.12 Å². The molecule has 0 bridgehead atoms. The van der Waals surface area contributed by atoms with Crippen LogP contribution in [0, 0.1) is 0 Å². The first-order chi connectivity index (χ1) is 7.72. The molecule has 0 amide bonds. The number of carbonyl (C=O) groups excluding carboxylic acids is 1. The van der Waals surface area contributed by atoms with E-state index in [1.165, 1.54) is 17.3 Å². The Hall–Kier alpha value is -0.800. The van der Waals surface area contributed by atoms with Crippen LogP contribution >= 0.6 is 11.8 Å². The first kappa shape index (κ1) is 13.3. The molecule has 1 aromatic carbocycles. The van der Waals surface area contributed by atoms with Gasteiger partial charge < -0.3 is 5.11 Å². The van der Waals surface area contributed by atoms with E-state index in [0.717, 1.165) is 12.2 Å². The Balaban J connectivity index is 2.25. The van der Waals surface area contributed by atoms with Crippen molar-refractivity contribution in [1.29, 1.82) is 0 Å². The van der Waals surface area contributed by atoms with Crippen LogP contribution in [-0.2, 0) is 11.2 Å². The third-order valence-electron chi connectivity index (χ3n) is 2.32. The van der Waals surface area contributed by atoms with Crippen molar-refractivity contribution >= 4 is 16.9 Å². The monoisotopic (exact) mass is 238 g/mol. The summed E-state index contributed by atoms with van der Waals surface area (Å²) in [5.74, 6) is 0.782. The Morgan fingerprint density at radius 1 is 1.38 bits per heavy atom. The molecule has 1 aromatic rings. The number of rotatable bonds is 6. The fourth-order valence-electron chi connectivity index (χ4n) is 1.49. The Kier molecular flexibility index (Phi) is 6.19. The fourth-order valence-corrected chi connectivity index (χ4v) is 2.12. The van der Waals surface area contributed by atoms with Gasteiger partial charge in [-0.3, -0.25) is 4.79 Å². The molecule has 3 heteroatoms. The molecule has 1 N–H and O–H groups in total. The maximum absolute atomic E-state index is 11.3. The molecule has 0 unspecified atom stereocenters. The molecule has 0 saturated heterocycles. The molecule has 0 aliphatic heterocycles. The van der Waals surface area contributed by atoms with Crippen LogP contribution in [0.2, 0.25) is 0 Å². The average Bonchev–Trinajstić information content (AvgIpc) is 2.28. The van der Waals surface area contributed by atoms with Gasteiger partial charge in [-0.05, 0) is 24.2 Å². The summed E-state index contributed by atoms with van der Waals surface area (Å²) in [5.41, 5.74) is 1.21. The SMILES string of the molecule is CCSC(=O)C[C@@H](O)CCc1ccccc1. The molecule has 0 aliphatic carbocycles. The number of carbonyl (C=O) groups is 1. The van der Waals surface area contributed by atoms with Crippen molar-refractivity contribution in [3.05, 3.63) is 35.9 Å². The van der Waals surface area contributed by atoms with E-state index in [9.17, 15) is 9.90 Å². The van der Waals surface area contributed by atoms with E-state index in [-0.39, 0.29) is 11.5 Å². The van der Waals surface area contributed by atoms with Crippen molar-refractivity contribution in [2.75, 3.05) is 5.75 Å². The lowest BCUT2D eigenvalue weighted by Gasteiger charge is -2.08. The third-order valence-corrected chi connectivity index (χ3v) is 3.09. The van der Waals surface area contributed by atoms with Gasteiger partial charge >= 0.3 is 0 Å². The highest BCUT2D eigenvalue weighted by Gasteiger charge is 2.10. The highest BCUT2D eigenvalue weighted by atomic mass is 32.2. The maximum atomic E-state index is 11.3. The van der Waals surface area contributed by atoms with E-state index in [1.807, 2.05) is 37.3 Å². The minimum absolute atomic E-state index is 0.0862. The number of aryl methyl sites for hydroxylation is 1. The van der Waals surface area contributed by atoms with Crippen LogP contribution in [-0.4, -0.2) is 22.1 Å². The predicted octanol–water partition coefficient (Wildman–Crippen LogP) is 2.65. The van der Waals surface area contributed by atoms with E-state index >= 15 is 0 Å². The smallest absolute Gasteiger partial charge is 0.191 e. The fraction of sp³-hybridized carbons (Fsp3) is 0.462. The summed E-state index contributed by atoms with van der Waals surface area (Å²) in [6.07, 6.45) is 1.24. The second-order valence-electron chi connectivity index (χ2n) is 3.69. The summed E-state index contributed by atoms with van der Waals surface area (Å²) in [7, 11) is 0. The molecule has 2 nitrogen and oxygen atoms in total. The molecule has 0 radical (unpaired) electrons. The molecule has 0 spiro atoms. The largest absolute Gasteiger partial charge is 0.393 e. The summed E-state index contributed by atoms with van der Waals surface area (Å²) in [6.45, 7) is 1.94. The highest BCUT2D eigenvalue weighted by molar-refractivity contribution is 8.13. The number of aliphatic hydroxyl groups excluding tert-OH is 1. The number of benzene rings is 1. The van der Waals surface area contributed by atoms with Crippen LogP contribution in [0.1, 0.15) is 25.3 Å². The van der Waals surface area contributed by atoms with Crippen molar-refractivity contribution in [3.63, 3.8) is 0 Å². The predicted molar refractivity (Wildman–Crippen MR) is 68.5 cm³/mol. The second kappa shape index (κ2) is 7.47. The number of thioether (sulfide) groups is 1. The average molecular weight is 238 g/mol. The number of aliphatic hydroxyl groups is 1. The zero-order valence-electron chi connectivity index (χ0n) is 9.56. The van der Waals surface area contributed by atoms with Crippen molar-refractivity contribution in [2.45, 2.75) is 32.3 Å². The normalized spacial score (nSPS) is 12.4. The third kappa shape index (κ3) is 5.33. The van der Waals surface area contributed by atoms with E-state index in [2.05, 4.69) is 0 Å². The van der Waals surface area contributed by atoms with Crippen LogP contribution < -0.4 is 0 Å². The van der Waals surface area contributed by atoms with Gasteiger partial charge in [0.1, 0.15) is 0 Å². The van der Waals surface area contributed by atoms with Crippen LogP contribution in [0.4, 0.5) is 0 Å². The lowest BCUT2D eigenvalue weighted by Crippen LogP contribution is -2.12. The zero-order chi connectivity index (χ0) is 11.8. The molecule has 0 heterocycles. The number of hydrogen-bond acceptors (Lipinski definition) is 3. The summed E-state index contributed by atoms with van der Waals surface area (Å²) < 4.78 is 0. The zero-order valence-corrected chi connectivity index (χ0v) is 10.4. The van der Waals surface area contributed by atoms with Gasteiger partial charge in [0.25, 0.3) is 0 Å². The van der Waals surface area contributed by atoms with Crippen molar-refractivity contribution in [1.82, 2.24) is 0 Å². The van der Waals surface area contributed by atoms with Gasteiger partial charge in [-0.1, -0.05) is 49.0 Å². The van der Waals surface area contributed by atoms with Gasteiger partial charge in [-0.25, -0.2) is 0 Å². The lowest BCUT2D eigenvalue weighted by atomic mass is 10.1. The molecule has 0 aromatic heterocycles. The van der Waals surface area contributed by atoms with E-state index in [0.29, 0.717) is 6.42 Å². The highest BCUT2D eigenvalue weighted by Crippen LogP contribution is 2.11. The van der Waals surface area contributed by atoms with E-state index < -0.39 is 6.10 Å². The summed E-state index contributed by atoms with van der Waals surface area (Å²) in [6, 6.07) is 10.0. The molecule has 0 saturated carbocycles. The van der Waals surface area contributed by atoms with Gasteiger partial charge in [0.05, 0.1) is 6.10 Å². The molecular formula is C13H18O2S. The summed E-state index contributed by atoms with van der Waals surface area (Å²) in [4.78, 5) is 11.3. The van der Waals surface area contributed by atoms with E-state index in [1.54, 1.807) is 0 Å². The van der Waals surface area contributed by atoms with E-state index in [4.69, 9.17) is 0 Å². The molecular weight excluding hydrogens is 220 g/mol. The molecule has 16 heavy (non-hydrogen) atoms. The van der Waals surface area contributed by atoms with Crippen LogP contribution in [0.25, 0.3) is 0 Å². The lowest BCUT2D eigenvalue weighted by molar-refractivity contribution is -0.112. The first-order valence-electron chi connectivity index (χ1n) is 5.60. The Labute approximate surface area is 101 Å². The molecule has 0 fully saturated rings. The number of hydrogen-bond donors (Lipinski definition) is 1. The topological polar surface area (TPSA) is 37.3 Å². The Morgan fingerprint density at radius 2 is 2.06 bits per heavy atom. The van der Waals surface area contributed by atoms with Crippen LogP contribution in [0.5, 0.6) is 0 Å². The van der Waals surface area contributed by atoms with Gasteiger partial charge in [-0.2, -0.15) is 0 Å². The van der Waals surface area contributed by atoms with Crippen LogP contribution in [0.15, 0.2) is 30.3 Å². The van der Waals surface area contributed by atoms with Crippen molar-refractivity contribution in [2.24, 2.45) is 0 Å². The molecule has 1 atom stereocenters. The maximum Gasteiger partial charge on any atom is 0.191 e. The van der Waals surface area contributed by atoms with Gasteiger partial charge in [0.2, 0.25) is 0 Å².